The second-order valence-electron chi connectivity index (χ2n) is 4.68. The topological polar surface area (TPSA) is 56.5 Å². The lowest BCUT2D eigenvalue weighted by Crippen LogP contribution is -2.39. The normalized spacial score (nSPS) is 27.1. The van der Waals surface area contributed by atoms with E-state index < -0.39 is 0 Å². The molecule has 0 amide bonds. The van der Waals surface area contributed by atoms with Crippen LogP contribution in [0.15, 0.2) is 18.2 Å². The van der Waals surface area contributed by atoms with Crippen molar-refractivity contribution in [3.63, 3.8) is 0 Å². The Morgan fingerprint density at radius 3 is 3.18 bits per heavy atom. The van der Waals surface area contributed by atoms with Gasteiger partial charge in [-0.05, 0) is 44.0 Å². The summed E-state index contributed by atoms with van der Waals surface area (Å²) >= 11 is 0. The lowest BCUT2D eigenvalue weighted by Gasteiger charge is -2.32. The molecule has 4 heteroatoms. The van der Waals surface area contributed by atoms with Crippen LogP contribution >= 0.6 is 0 Å². The Morgan fingerprint density at radius 1 is 1.35 bits per heavy atom. The third-order valence-corrected chi connectivity index (χ3v) is 3.74. The van der Waals surface area contributed by atoms with Crippen LogP contribution in [0.2, 0.25) is 0 Å². The van der Waals surface area contributed by atoms with Crippen LogP contribution < -0.4 is 20.5 Å². The molecule has 0 radical (unpaired) electrons. The minimum Gasteiger partial charge on any atom is -0.454 e. The molecule has 0 aromatic heterocycles. The molecule has 2 heterocycles. The Balaban J connectivity index is 1.95. The quantitative estimate of drug-likeness (QED) is 0.803. The van der Waals surface area contributed by atoms with Gasteiger partial charge in [-0.25, -0.2) is 0 Å². The number of rotatable bonds is 2. The van der Waals surface area contributed by atoms with Crippen LogP contribution in [0.1, 0.15) is 17.9 Å². The van der Waals surface area contributed by atoms with Gasteiger partial charge >= 0.3 is 0 Å². The average molecular weight is 234 g/mol. The van der Waals surface area contributed by atoms with E-state index >= 15 is 0 Å². The summed E-state index contributed by atoms with van der Waals surface area (Å²) in [7, 11) is 0. The molecule has 1 aromatic rings. The Labute approximate surface area is 101 Å². The van der Waals surface area contributed by atoms with E-state index in [4.69, 9.17) is 15.2 Å². The molecule has 3 rings (SSSR count). The number of fused-ring (bicyclic) bond motifs is 1. The zero-order valence-corrected chi connectivity index (χ0v) is 9.82. The van der Waals surface area contributed by atoms with Crippen LogP contribution in [0, 0.1) is 5.92 Å². The van der Waals surface area contributed by atoms with E-state index in [1.54, 1.807) is 0 Å². The van der Waals surface area contributed by atoms with Crippen LogP contribution in [0.5, 0.6) is 11.5 Å². The fraction of sp³-hybridized carbons (Fsp3) is 0.538. The molecule has 1 fully saturated rings. The summed E-state index contributed by atoms with van der Waals surface area (Å²) in [6.07, 6.45) is 1.11. The number of para-hydroxylation sites is 1. The third-order valence-electron chi connectivity index (χ3n) is 3.74. The first-order valence-corrected chi connectivity index (χ1v) is 6.19. The maximum absolute atomic E-state index is 5.86. The molecule has 0 spiro atoms. The first-order chi connectivity index (χ1) is 8.40. The van der Waals surface area contributed by atoms with Crippen molar-refractivity contribution in [2.45, 2.75) is 12.3 Å². The van der Waals surface area contributed by atoms with Gasteiger partial charge < -0.3 is 20.5 Å². The smallest absolute Gasteiger partial charge is 0.231 e. The Hall–Kier alpha value is -1.26. The standard InChI is InChI=1S/C13H18N2O2/c14-6-9-7-15-5-4-10(9)11-2-1-3-12-13(11)17-8-16-12/h1-3,9-10,15H,4-8,14H2. The van der Waals surface area contributed by atoms with Crippen molar-refractivity contribution in [3.8, 4) is 11.5 Å². The summed E-state index contributed by atoms with van der Waals surface area (Å²) in [5.74, 6) is 2.77. The Bertz CT molecular complexity index is 408. The minimum absolute atomic E-state index is 0.338. The van der Waals surface area contributed by atoms with Gasteiger partial charge in [0.1, 0.15) is 0 Å². The van der Waals surface area contributed by atoms with Crippen molar-refractivity contribution < 1.29 is 9.47 Å². The number of benzene rings is 1. The molecule has 2 aliphatic rings. The molecule has 0 bridgehead atoms. The fourth-order valence-corrected chi connectivity index (χ4v) is 2.82. The fourth-order valence-electron chi connectivity index (χ4n) is 2.82. The van der Waals surface area contributed by atoms with E-state index in [-0.39, 0.29) is 0 Å². The van der Waals surface area contributed by atoms with E-state index in [0.717, 1.165) is 31.0 Å². The van der Waals surface area contributed by atoms with Crippen LogP contribution in [-0.2, 0) is 0 Å². The maximum atomic E-state index is 5.86. The zero-order valence-electron chi connectivity index (χ0n) is 9.82. The van der Waals surface area contributed by atoms with Gasteiger partial charge in [0.05, 0.1) is 0 Å². The lowest BCUT2D eigenvalue weighted by molar-refractivity contribution is 0.172. The SMILES string of the molecule is NCC1CNCCC1c1cccc2c1OCO2. The van der Waals surface area contributed by atoms with E-state index in [0.29, 0.717) is 25.2 Å². The van der Waals surface area contributed by atoms with Gasteiger partial charge in [-0.15, -0.1) is 0 Å². The van der Waals surface area contributed by atoms with Crippen molar-refractivity contribution >= 4 is 0 Å². The van der Waals surface area contributed by atoms with Crippen LogP contribution in [-0.4, -0.2) is 26.4 Å². The van der Waals surface area contributed by atoms with Crippen LogP contribution in [0.3, 0.4) is 0 Å². The van der Waals surface area contributed by atoms with E-state index in [9.17, 15) is 0 Å². The molecule has 17 heavy (non-hydrogen) atoms. The maximum Gasteiger partial charge on any atom is 0.231 e. The van der Waals surface area contributed by atoms with Crippen LogP contribution in [0.4, 0.5) is 0 Å². The van der Waals surface area contributed by atoms with Gasteiger partial charge in [-0.1, -0.05) is 12.1 Å². The first-order valence-electron chi connectivity index (χ1n) is 6.19. The molecule has 0 aliphatic carbocycles. The average Bonchev–Trinajstić information content (AvgIpc) is 2.86. The molecule has 4 nitrogen and oxygen atoms in total. The summed E-state index contributed by atoms with van der Waals surface area (Å²) in [5.41, 5.74) is 7.13. The highest BCUT2D eigenvalue weighted by Crippen LogP contribution is 2.42. The van der Waals surface area contributed by atoms with Gasteiger partial charge in [0.25, 0.3) is 0 Å². The predicted octanol–water partition coefficient (Wildman–Crippen LogP) is 1.07. The summed E-state index contributed by atoms with van der Waals surface area (Å²) in [6.45, 7) is 3.09. The number of hydrogen-bond donors (Lipinski definition) is 2. The molecule has 3 N–H and O–H groups in total. The molecule has 2 aliphatic heterocycles. The molecule has 0 saturated carbocycles. The highest BCUT2D eigenvalue weighted by molar-refractivity contribution is 5.50. The summed E-state index contributed by atoms with van der Waals surface area (Å²) in [4.78, 5) is 0. The Morgan fingerprint density at radius 2 is 2.29 bits per heavy atom. The Kier molecular flexibility index (Phi) is 2.91. The molecular formula is C13H18N2O2. The molecule has 1 saturated heterocycles. The van der Waals surface area contributed by atoms with Gasteiger partial charge in [0.2, 0.25) is 6.79 Å². The largest absolute Gasteiger partial charge is 0.454 e. The number of ether oxygens (including phenoxy) is 2. The molecule has 2 atom stereocenters. The van der Waals surface area contributed by atoms with Gasteiger partial charge in [0, 0.05) is 5.56 Å². The van der Waals surface area contributed by atoms with E-state index in [1.165, 1.54) is 5.56 Å². The van der Waals surface area contributed by atoms with Crippen molar-refractivity contribution in [3.05, 3.63) is 23.8 Å². The second-order valence-corrected chi connectivity index (χ2v) is 4.68. The number of nitrogens with one attached hydrogen (secondary N) is 1. The summed E-state index contributed by atoms with van der Waals surface area (Å²) in [6, 6.07) is 6.15. The number of hydrogen-bond acceptors (Lipinski definition) is 4. The van der Waals surface area contributed by atoms with Crippen LogP contribution in [0.25, 0.3) is 0 Å². The monoisotopic (exact) mass is 234 g/mol. The van der Waals surface area contributed by atoms with Crippen molar-refractivity contribution in [2.24, 2.45) is 11.7 Å². The summed E-state index contributed by atoms with van der Waals surface area (Å²) < 4.78 is 11.0. The highest BCUT2D eigenvalue weighted by Gasteiger charge is 2.30. The van der Waals surface area contributed by atoms with E-state index in [2.05, 4.69) is 11.4 Å². The van der Waals surface area contributed by atoms with Gasteiger partial charge in [-0.2, -0.15) is 0 Å². The zero-order chi connectivity index (χ0) is 11.7. The van der Waals surface area contributed by atoms with Crippen molar-refractivity contribution in [1.82, 2.24) is 5.32 Å². The molecule has 2 unspecified atom stereocenters. The van der Waals surface area contributed by atoms with Gasteiger partial charge in [0.15, 0.2) is 11.5 Å². The van der Waals surface area contributed by atoms with Crippen molar-refractivity contribution in [1.29, 1.82) is 0 Å². The first kappa shape index (κ1) is 10.9. The minimum atomic E-state index is 0.338. The van der Waals surface area contributed by atoms with E-state index in [1.807, 2.05) is 12.1 Å². The van der Waals surface area contributed by atoms with Crippen molar-refractivity contribution in [2.75, 3.05) is 26.4 Å². The number of piperidine rings is 1. The lowest BCUT2D eigenvalue weighted by atomic mass is 9.80. The molecule has 92 valence electrons. The predicted molar refractivity (Wildman–Crippen MR) is 65.3 cm³/mol. The number of nitrogens with two attached hydrogens (primary N) is 1. The highest BCUT2D eigenvalue weighted by atomic mass is 16.7. The third kappa shape index (κ3) is 1.87. The summed E-state index contributed by atoms with van der Waals surface area (Å²) in [5, 5.41) is 3.40. The second kappa shape index (κ2) is 4.55. The van der Waals surface area contributed by atoms with Gasteiger partial charge in [-0.3, -0.25) is 0 Å². The molecular weight excluding hydrogens is 216 g/mol. The molecule has 1 aromatic carbocycles.